The van der Waals surface area contributed by atoms with Crippen LogP contribution in [-0.2, 0) is 0 Å². The molecule has 0 aromatic heterocycles. The van der Waals surface area contributed by atoms with E-state index in [9.17, 15) is 9.18 Å². The van der Waals surface area contributed by atoms with Crippen molar-refractivity contribution in [1.82, 2.24) is 0 Å². The zero-order chi connectivity index (χ0) is 14.7. The smallest absolute Gasteiger partial charge is 0.337 e. The summed E-state index contributed by atoms with van der Waals surface area (Å²) in [7, 11) is 0. The molecule has 2 aromatic carbocycles. The first-order valence-electron chi connectivity index (χ1n) is 6.02. The number of nitrogens with one attached hydrogen (secondary N) is 1. The predicted octanol–water partition coefficient (Wildman–Crippen LogP) is 4.35. The van der Waals surface area contributed by atoms with Crippen LogP contribution in [0.1, 0.15) is 28.9 Å². The predicted molar refractivity (Wildman–Crippen MR) is 76.8 cm³/mol. The molecule has 0 aliphatic rings. The number of carboxylic acid groups (broad SMARTS) is 1. The molecule has 1 unspecified atom stereocenters. The molecule has 104 valence electrons. The second kappa shape index (κ2) is 5.92. The summed E-state index contributed by atoms with van der Waals surface area (Å²) >= 11 is 5.81. The molecule has 0 aliphatic carbocycles. The number of aromatic carboxylic acids is 1. The molecule has 0 fully saturated rings. The zero-order valence-corrected chi connectivity index (χ0v) is 11.5. The molecule has 1 atom stereocenters. The van der Waals surface area contributed by atoms with Gasteiger partial charge in [-0.1, -0.05) is 23.7 Å². The summed E-state index contributed by atoms with van der Waals surface area (Å²) in [4.78, 5) is 11.0. The SMILES string of the molecule is CC(Nc1ccc(Cl)c(C(=O)O)c1)c1ccc(F)cc1. The van der Waals surface area contributed by atoms with E-state index in [0.717, 1.165) is 5.56 Å². The summed E-state index contributed by atoms with van der Waals surface area (Å²) in [6.45, 7) is 1.91. The van der Waals surface area contributed by atoms with E-state index in [0.29, 0.717) is 5.69 Å². The van der Waals surface area contributed by atoms with Crippen molar-refractivity contribution in [2.24, 2.45) is 0 Å². The minimum atomic E-state index is -1.08. The Labute approximate surface area is 121 Å². The van der Waals surface area contributed by atoms with Crippen molar-refractivity contribution in [3.05, 3.63) is 64.4 Å². The van der Waals surface area contributed by atoms with Gasteiger partial charge in [0, 0.05) is 11.7 Å². The summed E-state index contributed by atoms with van der Waals surface area (Å²) in [6, 6.07) is 10.8. The number of halogens is 2. The number of anilines is 1. The first-order valence-corrected chi connectivity index (χ1v) is 6.40. The highest BCUT2D eigenvalue weighted by molar-refractivity contribution is 6.33. The van der Waals surface area contributed by atoms with Gasteiger partial charge in [-0.15, -0.1) is 0 Å². The maximum absolute atomic E-state index is 12.9. The third kappa shape index (κ3) is 3.27. The van der Waals surface area contributed by atoms with Crippen LogP contribution < -0.4 is 5.32 Å². The molecule has 2 N–H and O–H groups in total. The molecule has 0 radical (unpaired) electrons. The van der Waals surface area contributed by atoms with Crippen molar-refractivity contribution in [1.29, 1.82) is 0 Å². The fourth-order valence-corrected chi connectivity index (χ4v) is 2.06. The van der Waals surface area contributed by atoms with Gasteiger partial charge in [-0.25, -0.2) is 9.18 Å². The highest BCUT2D eigenvalue weighted by Crippen LogP contribution is 2.24. The molecular formula is C15H13ClFNO2. The Hall–Kier alpha value is -2.07. The largest absolute Gasteiger partial charge is 0.478 e. The molecule has 0 spiro atoms. The third-order valence-corrected chi connectivity index (χ3v) is 3.28. The Morgan fingerprint density at radius 2 is 1.90 bits per heavy atom. The van der Waals surface area contributed by atoms with Crippen LogP contribution in [0.15, 0.2) is 42.5 Å². The van der Waals surface area contributed by atoms with Gasteiger partial charge in [-0.05, 0) is 42.8 Å². The van der Waals surface area contributed by atoms with E-state index >= 15 is 0 Å². The molecule has 2 rings (SSSR count). The van der Waals surface area contributed by atoms with E-state index in [1.54, 1.807) is 18.2 Å². The Balaban J connectivity index is 2.19. The zero-order valence-electron chi connectivity index (χ0n) is 10.7. The van der Waals surface area contributed by atoms with Crippen molar-refractivity contribution in [2.45, 2.75) is 13.0 Å². The Morgan fingerprint density at radius 1 is 1.25 bits per heavy atom. The average molecular weight is 294 g/mol. The van der Waals surface area contributed by atoms with E-state index < -0.39 is 5.97 Å². The van der Waals surface area contributed by atoms with Gasteiger partial charge >= 0.3 is 5.97 Å². The van der Waals surface area contributed by atoms with Crippen LogP contribution in [-0.4, -0.2) is 11.1 Å². The van der Waals surface area contributed by atoms with Crippen LogP contribution in [0.3, 0.4) is 0 Å². The molecule has 0 saturated carbocycles. The van der Waals surface area contributed by atoms with Gasteiger partial charge in [0.25, 0.3) is 0 Å². The van der Waals surface area contributed by atoms with Crippen molar-refractivity contribution >= 4 is 23.3 Å². The van der Waals surface area contributed by atoms with Crippen LogP contribution in [0.25, 0.3) is 0 Å². The molecule has 2 aromatic rings. The van der Waals surface area contributed by atoms with Gasteiger partial charge in [0.05, 0.1) is 10.6 Å². The van der Waals surface area contributed by atoms with Crippen molar-refractivity contribution in [2.75, 3.05) is 5.32 Å². The van der Waals surface area contributed by atoms with Gasteiger partial charge in [0.1, 0.15) is 5.82 Å². The Kier molecular flexibility index (Phi) is 4.25. The second-order valence-corrected chi connectivity index (χ2v) is 4.82. The normalized spacial score (nSPS) is 11.9. The topological polar surface area (TPSA) is 49.3 Å². The van der Waals surface area contributed by atoms with Crippen molar-refractivity contribution < 1.29 is 14.3 Å². The van der Waals surface area contributed by atoms with Gasteiger partial charge in [-0.2, -0.15) is 0 Å². The van der Waals surface area contributed by atoms with Crippen molar-refractivity contribution in [3.63, 3.8) is 0 Å². The van der Waals surface area contributed by atoms with Crippen LogP contribution >= 0.6 is 11.6 Å². The van der Waals surface area contributed by atoms with Crippen molar-refractivity contribution in [3.8, 4) is 0 Å². The maximum atomic E-state index is 12.9. The molecule has 5 heteroatoms. The number of carboxylic acids is 1. The summed E-state index contributed by atoms with van der Waals surface area (Å²) in [6.07, 6.45) is 0. The lowest BCUT2D eigenvalue weighted by molar-refractivity contribution is 0.0697. The van der Waals surface area contributed by atoms with Crippen LogP contribution in [0.2, 0.25) is 5.02 Å². The number of benzene rings is 2. The average Bonchev–Trinajstić information content (AvgIpc) is 2.41. The van der Waals surface area contributed by atoms with Gasteiger partial charge in [0.2, 0.25) is 0 Å². The lowest BCUT2D eigenvalue weighted by Gasteiger charge is -2.16. The molecule has 0 heterocycles. The number of hydrogen-bond donors (Lipinski definition) is 2. The van der Waals surface area contributed by atoms with Gasteiger partial charge in [0.15, 0.2) is 0 Å². The second-order valence-electron chi connectivity index (χ2n) is 4.42. The number of hydrogen-bond acceptors (Lipinski definition) is 2. The van der Waals surface area contributed by atoms with E-state index in [1.165, 1.54) is 24.3 Å². The molecule has 0 bridgehead atoms. The fourth-order valence-electron chi connectivity index (χ4n) is 1.86. The lowest BCUT2D eigenvalue weighted by atomic mass is 10.1. The third-order valence-electron chi connectivity index (χ3n) is 2.95. The monoisotopic (exact) mass is 293 g/mol. The molecule has 3 nitrogen and oxygen atoms in total. The molecule has 0 aliphatic heterocycles. The van der Waals surface area contributed by atoms with Gasteiger partial charge < -0.3 is 10.4 Å². The highest BCUT2D eigenvalue weighted by Gasteiger charge is 2.11. The minimum Gasteiger partial charge on any atom is -0.478 e. The maximum Gasteiger partial charge on any atom is 0.337 e. The van der Waals surface area contributed by atoms with Gasteiger partial charge in [-0.3, -0.25) is 0 Å². The standard InChI is InChI=1S/C15H13ClFNO2/c1-9(10-2-4-11(17)5-3-10)18-12-6-7-14(16)13(8-12)15(19)20/h2-9,18H,1H3,(H,19,20). The molecule has 20 heavy (non-hydrogen) atoms. The fraction of sp³-hybridized carbons (Fsp3) is 0.133. The Bertz CT molecular complexity index is 628. The van der Waals surface area contributed by atoms with E-state index in [-0.39, 0.29) is 22.4 Å². The molecule has 0 saturated heterocycles. The lowest BCUT2D eigenvalue weighted by Crippen LogP contribution is -2.07. The van der Waals surface area contributed by atoms with Crippen LogP contribution in [0.5, 0.6) is 0 Å². The van der Waals surface area contributed by atoms with Crippen LogP contribution in [0, 0.1) is 5.82 Å². The summed E-state index contributed by atoms with van der Waals surface area (Å²) in [5.74, 6) is -1.37. The first kappa shape index (κ1) is 14.3. The molecule has 0 amide bonds. The quantitative estimate of drug-likeness (QED) is 0.881. The number of carbonyl (C=O) groups is 1. The summed E-state index contributed by atoms with van der Waals surface area (Å²) in [5.41, 5.74) is 1.59. The minimum absolute atomic E-state index is 0.0444. The van der Waals surface area contributed by atoms with Crippen LogP contribution in [0.4, 0.5) is 10.1 Å². The highest BCUT2D eigenvalue weighted by atomic mass is 35.5. The summed E-state index contributed by atoms with van der Waals surface area (Å²) in [5, 5.41) is 12.4. The van der Waals surface area contributed by atoms with E-state index in [4.69, 9.17) is 16.7 Å². The number of rotatable bonds is 4. The summed E-state index contributed by atoms with van der Waals surface area (Å²) < 4.78 is 12.9. The molecular weight excluding hydrogens is 281 g/mol. The Morgan fingerprint density at radius 3 is 2.50 bits per heavy atom. The van der Waals surface area contributed by atoms with E-state index in [2.05, 4.69) is 5.32 Å². The first-order chi connectivity index (χ1) is 9.47. The van der Waals surface area contributed by atoms with E-state index in [1.807, 2.05) is 6.92 Å².